The molecule has 2 N–H and O–H groups in total. The summed E-state index contributed by atoms with van der Waals surface area (Å²) in [6, 6.07) is 9.33. The number of aromatic nitrogens is 2. The lowest BCUT2D eigenvalue weighted by atomic mass is 10.2. The normalized spacial score (nSPS) is 9.95. The van der Waals surface area contributed by atoms with Crippen LogP contribution in [0, 0.1) is 11.3 Å². The summed E-state index contributed by atoms with van der Waals surface area (Å²) in [6.45, 7) is 2.56. The van der Waals surface area contributed by atoms with Gasteiger partial charge in [-0.2, -0.15) is 10.2 Å². The van der Waals surface area contributed by atoms with Crippen molar-refractivity contribution in [3.05, 3.63) is 36.2 Å². The molecule has 0 aliphatic heterocycles. The Balaban J connectivity index is 2.34. The summed E-state index contributed by atoms with van der Waals surface area (Å²) in [5, 5.41) is 8.97. The Morgan fingerprint density at radius 1 is 1.38 bits per heavy atom. The summed E-state index contributed by atoms with van der Waals surface area (Å²) in [5.74, 6) is 0.927. The van der Waals surface area contributed by atoms with Crippen LogP contribution in [0.15, 0.2) is 30.6 Å². The minimum atomic E-state index is 0.380. The van der Waals surface area contributed by atoms with E-state index >= 15 is 0 Å². The fourth-order valence-corrected chi connectivity index (χ4v) is 1.86. The quantitative estimate of drug-likeness (QED) is 0.907. The third kappa shape index (κ3) is 3.20. The number of nitriles is 1. The lowest BCUT2D eigenvalue weighted by molar-refractivity contribution is 0.306. The summed E-state index contributed by atoms with van der Waals surface area (Å²) in [5.41, 5.74) is 7.86. The van der Waals surface area contributed by atoms with Crippen LogP contribution < -0.4 is 15.4 Å². The van der Waals surface area contributed by atoms with E-state index in [1.54, 1.807) is 17.0 Å². The van der Waals surface area contributed by atoms with Crippen molar-refractivity contribution in [1.29, 1.82) is 5.26 Å². The third-order valence-corrected chi connectivity index (χ3v) is 2.95. The average molecular weight is 283 g/mol. The molecule has 0 aliphatic rings. The maximum atomic E-state index is 8.97. The molecule has 0 aliphatic carbocycles. The standard InChI is InChI=1S/C15H17N5O/c1-3-7-21-15-13(17)14(18-10-19-15)20(2)12-6-4-5-11(8-12)9-16/h4-6,8,10H,3,7,17H2,1-2H3. The first-order chi connectivity index (χ1) is 10.2. The molecule has 0 atom stereocenters. The first-order valence-corrected chi connectivity index (χ1v) is 6.64. The summed E-state index contributed by atoms with van der Waals surface area (Å²) < 4.78 is 5.50. The Hall–Kier alpha value is -2.81. The second-order valence-electron chi connectivity index (χ2n) is 4.49. The number of nitrogen functional groups attached to an aromatic ring is 1. The van der Waals surface area contributed by atoms with Gasteiger partial charge in [0.1, 0.15) is 12.0 Å². The lowest BCUT2D eigenvalue weighted by Gasteiger charge is -2.20. The van der Waals surface area contributed by atoms with Crippen molar-refractivity contribution in [2.75, 3.05) is 24.3 Å². The molecule has 1 aromatic heterocycles. The molecule has 0 amide bonds. The Bertz CT molecular complexity index is 665. The maximum absolute atomic E-state index is 8.97. The maximum Gasteiger partial charge on any atom is 0.242 e. The molecule has 0 bridgehead atoms. The van der Waals surface area contributed by atoms with E-state index in [1.165, 1.54) is 6.33 Å². The molecule has 6 heteroatoms. The van der Waals surface area contributed by atoms with Crippen LogP contribution in [0.2, 0.25) is 0 Å². The molecule has 21 heavy (non-hydrogen) atoms. The van der Waals surface area contributed by atoms with Gasteiger partial charge in [-0.1, -0.05) is 13.0 Å². The summed E-state index contributed by atoms with van der Waals surface area (Å²) in [6.07, 6.45) is 2.29. The van der Waals surface area contributed by atoms with Crippen LogP contribution in [0.3, 0.4) is 0 Å². The number of ether oxygens (including phenoxy) is 1. The lowest BCUT2D eigenvalue weighted by Crippen LogP contribution is -2.15. The van der Waals surface area contributed by atoms with Crippen molar-refractivity contribution in [3.63, 3.8) is 0 Å². The van der Waals surface area contributed by atoms with Crippen LogP contribution in [-0.2, 0) is 0 Å². The highest BCUT2D eigenvalue weighted by molar-refractivity contribution is 5.74. The molecule has 2 rings (SSSR count). The highest BCUT2D eigenvalue weighted by Gasteiger charge is 2.14. The number of hydrogen-bond acceptors (Lipinski definition) is 6. The van der Waals surface area contributed by atoms with Gasteiger partial charge in [0.2, 0.25) is 5.88 Å². The SMILES string of the molecule is CCCOc1ncnc(N(C)c2cccc(C#N)c2)c1N. The second kappa shape index (κ2) is 6.57. The molecule has 0 fully saturated rings. The van der Waals surface area contributed by atoms with E-state index in [2.05, 4.69) is 16.0 Å². The molecular formula is C15H17N5O. The molecule has 1 aromatic carbocycles. The van der Waals surface area contributed by atoms with Crippen LogP contribution >= 0.6 is 0 Å². The molecule has 0 spiro atoms. The van der Waals surface area contributed by atoms with Gasteiger partial charge in [-0.3, -0.25) is 0 Å². The Morgan fingerprint density at radius 2 is 2.19 bits per heavy atom. The molecule has 0 unspecified atom stereocenters. The number of nitrogens with zero attached hydrogens (tertiary/aromatic N) is 4. The Morgan fingerprint density at radius 3 is 2.90 bits per heavy atom. The Kier molecular flexibility index (Phi) is 4.57. The van der Waals surface area contributed by atoms with Crippen LogP contribution in [0.4, 0.5) is 17.2 Å². The van der Waals surface area contributed by atoms with E-state index in [0.717, 1.165) is 12.1 Å². The minimum Gasteiger partial charge on any atom is -0.476 e. The average Bonchev–Trinajstić information content (AvgIpc) is 2.53. The molecule has 6 nitrogen and oxygen atoms in total. The number of hydrogen-bond donors (Lipinski definition) is 1. The monoisotopic (exact) mass is 283 g/mol. The molecule has 2 aromatic rings. The van der Waals surface area contributed by atoms with Gasteiger partial charge in [0.05, 0.1) is 18.2 Å². The van der Waals surface area contributed by atoms with Gasteiger partial charge in [0.25, 0.3) is 0 Å². The molecule has 0 radical (unpaired) electrons. The number of nitrogens with two attached hydrogens (primary N) is 1. The van der Waals surface area contributed by atoms with Crippen LogP contribution in [0.5, 0.6) is 5.88 Å². The van der Waals surface area contributed by atoms with Crippen molar-refractivity contribution < 1.29 is 4.74 Å². The summed E-state index contributed by atoms with van der Waals surface area (Å²) >= 11 is 0. The zero-order valence-corrected chi connectivity index (χ0v) is 12.1. The predicted molar refractivity (Wildman–Crippen MR) is 81.5 cm³/mol. The second-order valence-corrected chi connectivity index (χ2v) is 4.49. The largest absolute Gasteiger partial charge is 0.476 e. The minimum absolute atomic E-state index is 0.380. The van der Waals surface area contributed by atoms with E-state index in [4.69, 9.17) is 15.7 Å². The molecule has 108 valence electrons. The van der Waals surface area contributed by atoms with E-state index in [9.17, 15) is 0 Å². The summed E-state index contributed by atoms with van der Waals surface area (Å²) in [7, 11) is 1.83. The van der Waals surface area contributed by atoms with Crippen molar-refractivity contribution in [2.24, 2.45) is 0 Å². The molecule has 0 saturated heterocycles. The van der Waals surface area contributed by atoms with Gasteiger partial charge in [0, 0.05) is 12.7 Å². The molecular weight excluding hydrogens is 266 g/mol. The highest BCUT2D eigenvalue weighted by Crippen LogP contribution is 2.31. The fourth-order valence-electron chi connectivity index (χ4n) is 1.86. The van der Waals surface area contributed by atoms with Crippen molar-refractivity contribution in [1.82, 2.24) is 9.97 Å². The smallest absolute Gasteiger partial charge is 0.242 e. The molecule has 0 saturated carbocycles. The van der Waals surface area contributed by atoms with Gasteiger partial charge in [-0.25, -0.2) is 4.98 Å². The zero-order valence-electron chi connectivity index (χ0n) is 12.1. The highest BCUT2D eigenvalue weighted by atomic mass is 16.5. The topological polar surface area (TPSA) is 88.1 Å². The van der Waals surface area contributed by atoms with Gasteiger partial charge in [-0.05, 0) is 24.6 Å². The summed E-state index contributed by atoms with van der Waals surface area (Å²) in [4.78, 5) is 10.1. The number of rotatable bonds is 5. The van der Waals surface area contributed by atoms with Crippen molar-refractivity contribution in [3.8, 4) is 11.9 Å². The van der Waals surface area contributed by atoms with E-state index in [-0.39, 0.29) is 0 Å². The first-order valence-electron chi connectivity index (χ1n) is 6.64. The van der Waals surface area contributed by atoms with Crippen molar-refractivity contribution >= 4 is 17.2 Å². The number of anilines is 3. The van der Waals surface area contributed by atoms with Crippen LogP contribution in [0.25, 0.3) is 0 Å². The van der Waals surface area contributed by atoms with Gasteiger partial charge < -0.3 is 15.4 Å². The van der Waals surface area contributed by atoms with E-state index in [0.29, 0.717) is 29.6 Å². The third-order valence-electron chi connectivity index (χ3n) is 2.95. The first kappa shape index (κ1) is 14.6. The van der Waals surface area contributed by atoms with Crippen molar-refractivity contribution in [2.45, 2.75) is 13.3 Å². The van der Waals surface area contributed by atoms with Crippen LogP contribution in [-0.4, -0.2) is 23.6 Å². The van der Waals surface area contributed by atoms with Gasteiger partial charge >= 0.3 is 0 Å². The zero-order chi connectivity index (χ0) is 15.2. The predicted octanol–water partition coefficient (Wildman–Crippen LogP) is 2.49. The van der Waals surface area contributed by atoms with E-state index in [1.807, 2.05) is 26.1 Å². The Labute approximate surface area is 123 Å². The van der Waals surface area contributed by atoms with Gasteiger partial charge in [0.15, 0.2) is 5.82 Å². The van der Waals surface area contributed by atoms with Gasteiger partial charge in [-0.15, -0.1) is 0 Å². The fraction of sp³-hybridized carbons (Fsp3) is 0.267. The number of benzene rings is 1. The van der Waals surface area contributed by atoms with Crippen LogP contribution in [0.1, 0.15) is 18.9 Å². The van der Waals surface area contributed by atoms with E-state index < -0.39 is 0 Å². The molecule has 1 heterocycles.